The number of amides is 1. The van der Waals surface area contributed by atoms with Crippen LogP contribution in [0, 0.1) is 6.92 Å². The van der Waals surface area contributed by atoms with Crippen molar-refractivity contribution >= 4 is 17.6 Å². The molecule has 0 saturated carbocycles. The second kappa shape index (κ2) is 10.0. The largest absolute Gasteiger partial charge is 0.465 e. The van der Waals surface area contributed by atoms with Crippen LogP contribution in [-0.4, -0.2) is 44.0 Å². The van der Waals surface area contributed by atoms with Crippen molar-refractivity contribution in [3.05, 3.63) is 89.0 Å². The van der Waals surface area contributed by atoms with E-state index in [-0.39, 0.29) is 5.91 Å². The molecule has 0 bridgehead atoms. The molecule has 1 aliphatic heterocycles. The molecule has 1 aliphatic rings. The highest BCUT2D eigenvalue weighted by atomic mass is 16.5. The lowest BCUT2D eigenvalue weighted by molar-refractivity contribution is 0.0602. The number of ether oxygens (including phenoxy) is 1. The van der Waals surface area contributed by atoms with Crippen molar-refractivity contribution in [2.24, 2.45) is 0 Å². The summed E-state index contributed by atoms with van der Waals surface area (Å²) in [5.74, 6) is -0.250. The molecule has 3 aromatic rings. The van der Waals surface area contributed by atoms with Crippen LogP contribution < -0.4 is 5.32 Å². The fourth-order valence-corrected chi connectivity index (χ4v) is 4.42. The third-order valence-corrected chi connectivity index (χ3v) is 6.48. The second-order valence-electron chi connectivity index (χ2n) is 8.72. The van der Waals surface area contributed by atoms with Gasteiger partial charge in [-0.05, 0) is 86.3 Å². The monoisotopic (exact) mass is 442 g/mol. The van der Waals surface area contributed by atoms with Gasteiger partial charge in [-0.2, -0.15) is 0 Å². The van der Waals surface area contributed by atoms with Crippen molar-refractivity contribution in [3.63, 3.8) is 0 Å². The van der Waals surface area contributed by atoms with Gasteiger partial charge in [-0.1, -0.05) is 48.5 Å². The number of nitrogens with one attached hydrogen (secondary N) is 1. The Labute approximate surface area is 195 Å². The predicted molar refractivity (Wildman–Crippen MR) is 132 cm³/mol. The molecule has 1 fully saturated rings. The zero-order valence-electron chi connectivity index (χ0n) is 19.4. The minimum atomic E-state index is -0.485. The van der Waals surface area contributed by atoms with Crippen molar-refractivity contribution in [2.75, 3.05) is 32.6 Å². The van der Waals surface area contributed by atoms with Crippen LogP contribution in [-0.2, 0) is 4.74 Å². The highest BCUT2D eigenvalue weighted by Gasteiger charge is 2.21. The molecule has 1 amide bonds. The molecule has 33 heavy (non-hydrogen) atoms. The van der Waals surface area contributed by atoms with E-state index in [0.717, 1.165) is 42.6 Å². The number of piperidine rings is 1. The zero-order valence-corrected chi connectivity index (χ0v) is 19.4. The molecule has 5 heteroatoms. The molecule has 0 unspecified atom stereocenters. The van der Waals surface area contributed by atoms with E-state index in [2.05, 4.69) is 23.3 Å². The van der Waals surface area contributed by atoms with Crippen molar-refractivity contribution in [1.29, 1.82) is 0 Å². The van der Waals surface area contributed by atoms with E-state index in [4.69, 9.17) is 4.74 Å². The molecule has 170 valence electrons. The first-order valence-corrected chi connectivity index (χ1v) is 11.3. The van der Waals surface area contributed by atoms with Crippen molar-refractivity contribution < 1.29 is 14.3 Å². The molecule has 0 spiro atoms. The smallest absolute Gasteiger partial charge is 0.339 e. The van der Waals surface area contributed by atoms with Crippen molar-refractivity contribution in [2.45, 2.75) is 25.7 Å². The number of rotatable bonds is 5. The Morgan fingerprint density at radius 3 is 2.33 bits per heavy atom. The molecule has 3 aromatic carbocycles. The lowest BCUT2D eigenvalue weighted by Gasteiger charge is -2.29. The molecule has 0 radical (unpaired) electrons. The first-order chi connectivity index (χ1) is 16.0. The average molecular weight is 443 g/mol. The molecule has 1 saturated heterocycles. The maximum absolute atomic E-state index is 13.4. The van der Waals surface area contributed by atoms with Crippen LogP contribution in [0.2, 0.25) is 0 Å². The summed E-state index contributed by atoms with van der Waals surface area (Å²) in [6, 6.07) is 21.4. The van der Waals surface area contributed by atoms with Gasteiger partial charge in [-0.15, -0.1) is 0 Å². The number of methoxy groups -OCH3 is 1. The number of hydrogen-bond donors (Lipinski definition) is 1. The number of likely N-dealkylation sites (tertiary alicyclic amines) is 1. The fourth-order valence-electron chi connectivity index (χ4n) is 4.42. The number of esters is 1. The van der Waals surface area contributed by atoms with Crippen LogP contribution in [0.1, 0.15) is 50.6 Å². The van der Waals surface area contributed by atoms with Gasteiger partial charge in [-0.3, -0.25) is 4.79 Å². The topological polar surface area (TPSA) is 58.6 Å². The van der Waals surface area contributed by atoms with Gasteiger partial charge >= 0.3 is 5.97 Å². The number of benzene rings is 3. The highest BCUT2D eigenvalue weighted by molar-refractivity contribution is 6.09. The second-order valence-corrected chi connectivity index (χ2v) is 8.72. The summed E-state index contributed by atoms with van der Waals surface area (Å²) in [5.41, 5.74) is 5.42. The van der Waals surface area contributed by atoms with Gasteiger partial charge in [0.25, 0.3) is 5.91 Å². The van der Waals surface area contributed by atoms with Gasteiger partial charge in [-0.25, -0.2) is 4.79 Å². The van der Waals surface area contributed by atoms with Crippen LogP contribution in [0.5, 0.6) is 0 Å². The molecule has 0 atom stereocenters. The Hall–Kier alpha value is -3.44. The Morgan fingerprint density at radius 1 is 0.909 bits per heavy atom. The van der Waals surface area contributed by atoms with Crippen molar-refractivity contribution in [3.8, 4) is 11.1 Å². The highest BCUT2D eigenvalue weighted by Crippen LogP contribution is 2.30. The minimum Gasteiger partial charge on any atom is -0.465 e. The molecule has 0 aromatic heterocycles. The van der Waals surface area contributed by atoms with Crippen LogP contribution in [0.15, 0.2) is 66.7 Å². The number of carbonyl (C=O) groups excluding carboxylic acids is 2. The van der Waals surface area contributed by atoms with E-state index in [1.54, 1.807) is 6.07 Å². The van der Waals surface area contributed by atoms with E-state index in [1.165, 1.54) is 12.7 Å². The van der Waals surface area contributed by atoms with Gasteiger partial charge in [0.2, 0.25) is 0 Å². The lowest BCUT2D eigenvalue weighted by atomic mass is 9.87. The standard InChI is InChI=1S/C28H30N2O3/c1-19-9-10-22(21-13-15-30(2)16-14-21)17-25(19)27(31)29-26-18-23(20-7-5-4-6-8-20)11-12-24(26)28(32)33-3/h4-12,17-18,21H,13-16H2,1-3H3,(H,29,31). The zero-order chi connectivity index (χ0) is 23.4. The van der Waals surface area contributed by atoms with Gasteiger partial charge in [0.15, 0.2) is 0 Å². The van der Waals surface area contributed by atoms with Gasteiger partial charge in [0.1, 0.15) is 0 Å². The number of anilines is 1. The van der Waals surface area contributed by atoms with E-state index in [9.17, 15) is 9.59 Å². The van der Waals surface area contributed by atoms with E-state index in [1.807, 2.05) is 61.5 Å². The summed E-state index contributed by atoms with van der Waals surface area (Å²) in [7, 11) is 3.49. The third kappa shape index (κ3) is 5.15. The summed E-state index contributed by atoms with van der Waals surface area (Å²) in [4.78, 5) is 28.1. The summed E-state index contributed by atoms with van der Waals surface area (Å²) in [6.45, 7) is 4.07. The fraction of sp³-hybridized carbons (Fsp3) is 0.286. The molecule has 1 heterocycles. The van der Waals surface area contributed by atoms with E-state index >= 15 is 0 Å². The summed E-state index contributed by atoms with van der Waals surface area (Å²) in [6.07, 6.45) is 2.18. The number of aryl methyl sites for hydroxylation is 1. The summed E-state index contributed by atoms with van der Waals surface area (Å²) >= 11 is 0. The molecule has 1 N–H and O–H groups in total. The Kier molecular flexibility index (Phi) is 6.90. The van der Waals surface area contributed by atoms with Crippen LogP contribution in [0.3, 0.4) is 0 Å². The van der Waals surface area contributed by atoms with Crippen LogP contribution in [0.25, 0.3) is 11.1 Å². The lowest BCUT2D eigenvalue weighted by Crippen LogP contribution is -2.29. The quantitative estimate of drug-likeness (QED) is 0.530. The normalized spacial score (nSPS) is 14.6. The van der Waals surface area contributed by atoms with Gasteiger partial charge in [0.05, 0.1) is 18.4 Å². The summed E-state index contributed by atoms with van der Waals surface area (Å²) < 4.78 is 4.95. The van der Waals surface area contributed by atoms with E-state index in [0.29, 0.717) is 22.7 Å². The molecular formula is C28H30N2O3. The molecule has 4 rings (SSSR count). The average Bonchev–Trinajstić information content (AvgIpc) is 2.85. The molecule has 0 aliphatic carbocycles. The summed E-state index contributed by atoms with van der Waals surface area (Å²) in [5, 5.41) is 2.98. The third-order valence-electron chi connectivity index (χ3n) is 6.48. The first kappa shape index (κ1) is 22.7. The van der Waals surface area contributed by atoms with E-state index < -0.39 is 5.97 Å². The van der Waals surface area contributed by atoms with Crippen LogP contribution >= 0.6 is 0 Å². The first-order valence-electron chi connectivity index (χ1n) is 11.3. The number of carbonyl (C=O) groups is 2. The number of hydrogen-bond acceptors (Lipinski definition) is 4. The van der Waals surface area contributed by atoms with Crippen molar-refractivity contribution in [1.82, 2.24) is 4.90 Å². The predicted octanol–water partition coefficient (Wildman–Crippen LogP) is 5.51. The Balaban J connectivity index is 1.65. The van der Waals surface area contributed by atoms with Gasteiger partial charge in [0, 0.05) is 5.56 Å². The molecular weight excluding hydrogens is 412 g/mol. The van der Waals surface area contributed by atoms with Crippen LogP contribution in [0.4, 0.5) is 5.69 Å². The minimum absolute atomic E-state index is 0.224. The maximum atomic E-state index is 13.4. The number of nitrogens with zero attached hydrogens (tertiary/aromatic N) is 1. The van der Waals surface area contributed by atoms with Gasteiger partial charge < -0.3 is 15.0 Å². The SMILES string of the molecule is COC(=O)c1ccc(-c2ccccc2)cc1NC(=O)c1cc(C2CCN(C)CC2)ccc1C. The maximum Gasteiger partial charge on any atom is 0.339 e. The molecule has 5 nitrogen and oxygen atoms in total. The Bertz CT molecular complexity index is 1150. The Morgan fingerprint density at radius 2 is 1.64 bits per heavy atom.